The fourth-order valence-corrected chi connectivity index (χ4v) is 1.88. The number of carbonyl (C=O) groups excluding carboxylic acids is 1. The first kappa shape index (κ1) is 19.0. The molecule has 0 spiro atoms. The highest BCUT2D eigenvalue weighted by molar-refractivity contribution is 5.71. The molecule has 0 atom stereocenters. The molecule has 0 radical (unpaired) electrons. The molecule has 0 aromatic heterocycles. The van der Waals surface area contributed by atoms with Crippen LogP contribution in [0, 0.1) is 15.9 Å². The van der Waals surface area contributed by atoms with Gasteiger partial charge in [-0.05, 0) is 32.9 Å². The molecule has 8 nitrogen and oxygen atoms in total. The zero-order valence-corrected chi connectivity index (χ0v) is 14.3. The Hall–Kier alpha value is -3.36. The molecule has 0 bridgehead atoms. The summed E-state index contributed by atoms with van der Waals surface area (Å²) in [6.45, 7) is 5.18. The second-order valence-electron chi connectivity index (χ2n) is 6.37. The molecule has 2 aromatic carbocycles. The van der Waals surface area contributed by atoms with Crippen molar-refractivity contribution in [2.24, 2.45) is 0 Å². The first-order chi connectivity index (χ1) is 12.0. The Morgan fingerprint density at radius 1 is 1.19 bits per heavy atom. The molecule has 0 saturated heterocycles. The Kier molecular flexibility index (Phi) is 5.30. The maximum absolute atomic E-state index is 14.1. The molecule has 1 amide bonds. The minimum Gasteiger partial charge on any atom is -0.504 e. The molecule has 2 N–H and O–H groups in total. The Balaban J connectivity index is 2.15. The van der Waals surface area contributed by atoms with Gasteiger partial charge in [-0.2, -0.15) is 0 Å². The average Bonchev–Trinajstić information content (AvgIpc) is 2.51. The maximum atomic E-state index is 14.1. The lowest BCUT2D eigenvalue weighted by atomic mass is 10.1. The number of carbonyl (C=O) groups is 1. The Labute approximate surface area is 148 Å². The summed E-state index contributed by atoms with van der Waals surface area (Å²) in [6.07, 6.45) is -0.875. The van der Waals surface area contributed by atoms with Gasteiger partial charge in [-0.1, -0.05) is 0 Å². The number of aromatic hydroxyl groups is 1. The predicted octanol–water partition coefficient (Wildman–Crippen LogP) is 4.12. The van der Waals surface area contributed by atoms with Gasteiger partial charge in [0.15, 0.2) is 23.1 Å². The quantitative estimate of drug-likeness (QED) is 0.624. The van der Waals surface area contributed by atoms with Crippen LogP contribution in [-0.4, -0.2) is 21.7 Å². The topological polar surface area (TPSA) is 111 Å². The van der Waals surface area contributed by atoms with Crippen molar-refractivity contribution in [2.75, 3.05) is 0 Å². The second kappa shape index (κ2) is 7.26. The van der Waals surface area contributed by atoms with Crippen LogP contribution in [0.3, 0.4) is 0 Å². The van der Waals surface area contributed by atoms with Crippen LogP contribution in [0.15, 0.2) is 36.4 Å². The number of rotatable bonds is 4. The number of phenolic OH excluding ortho intramolecular Hbond substituents is 1. The van der Waals surface area contributed by atoms with Gasteiger partial charge in [-0.25, -0.2) is 9.18 Å². The summed E-state index contributed by atoms with van der Waals surface area (Å²) < 4.78 is 24.2. The highest BCUT2D eigenvalue weighted by Crippen LogP contribution is 2.36. The van der Waals surface area contributed by atoms with Crippen molar-refractivity contribution in [3.63, 3.8) is 0 Å². The maximum Gasteiger partial charge on any atom is 0.413 e. The summed E-state index contributed by atoms with van der Waals surface area (Å²) >= 11 is 0. The van der Waals surface area contributed by atoms with E-state index in [9.17, 15) is 24.4 Å². The zero-order chi connectivity index (χ0) is 19.5. The minimum atomic E-state index is -0.927. The minimum absolute atomic E-state index is 0.138. The lowest BCUT2D eigenvalue weighted by molar-refractivity contribution is -0.384. The smallest absolute Gasteiger partial charge is 0.413 e. The highest BCUT2D eigenvalue weighted by Gasteiger charge is 2.19. The van der Waals surface area contributed by atoms with Gasteiger partial charge in [-0.3, -0.25) is 10.1 Å². The molecule has 2 rings (SSSR count). The van der Waals surface area contributed by atoms with Gasteiger partial charge in [0, 0.05) is 29.8 Å². The number of ether oxygens (including phenoxy) is 2. The molecular formula is C17H17FN2O6. The van der Waals surface area contributed by atoms with Crippen LogP contribution in [0.5, 0.6) is 23.0 Å². The molecule has 0 aliphatic heterocycles. The molecule has 138 valence electrons. The van der Waals surface area contributed by atoms with Crippen LogP contribution >= 0.6 is 0 Å². The third kappa shape index (κ3) is 5.07. The zero-order valence-electron chi connectivity index (χ0n) is 14.3. The van der Waals surface area contributed by atoms with Gasteiger partial charge in [0.25, 0.3) is 5.69 Å². The molecule has 2 aromatic rings. The van der Waals surface area contributed by atoms with Crippen molar-refractivity contribution in [1.29, 1.82) is 0 Å². The Morgan fingerprint density at radius 2 is 1.81 bits per heavy atom. The van der Waals surface area contributed by atoms with Crippen LogP contribution in [0.1, 0.15) is 20.8 Å². The van der Waals surface area contributed by atoms with E-state index in [4.69, 9.17) is 9.47 Å². The van der Waals surface area contributed by atoms with Gasteiger partial charge in [0.2, 0.25) is 0 Å². The molecule has 0 heterocycles. The standard InChI is InChI=1S/C17H17FN2O6/c1-17(2,3)19-16(22)26-14-9-13(21)15(8-12(14)18)25-11-6-4-10(5-7-11)20(23)24/h4-9,21H,1-3H3,(H,19,22). The van der Waals surface area contributed by atoms with Crippen LogP contribution in [0.25, 0.3) is 0 Å². The van der Waals surface area contributed by atoms with Crippen LogP contribution in [0.2, 0.25) is 0 Å². The van der Waals surface area contributed by atoms with Gasteiger partial charge >= 0.3 is 6.09 Å². The van der Waals surface area contributed by atoms with Gasteiger partial charge in [0.1, 0.15) is 5.75 Å². The van der Waals surface area contributed by atoms with Crippen LogP contribution in [-0.2, 0) is 0 Å². The molecule has 0 saturated carbocycles. The summed E-state index contributed by atoms with van der Waals surface area (Å²) in [5.41, 5.74) is -0.712. The number of nitro groups is 1. The number of halogens is 1. The molecule has 0 aliphatic carbocycles. The molecule has 9 heteroatoms. The molecule has 0 unspecified atom stereocenters. The van der Waals surface area contributed by atoms with Crippen LogP contribution < -0.4 is 14.8 Å². The SMILES string of the molecule is CC(C)(C)NC(=O)Oc1cc(O)c(Oc2ccc([N+](=O)[O-])cc2)cc1F. The monoisotopic (exact) mass is 364 g/mol. The molecule has 26 heavy (non-hydrogen) atoms. The number of phenols is 1. The lowest BCUT2D eigenvalue weighted by Crippen LogP contribution is -2.42. The number of amides is 1. The van der Waals surface area contributed by atoms with Gasteiger partial charge in [0.05, 0.1) is 4.92 Å². The molecule has 0 fully saturated rings. The van der Waals surface area contributed by atoms with Crippen molar-refractivity contribution in [3.8, 4) is 23.0 Å². The van der Waals surface area contributed by atoms with Crippen LogP contribution in [0.4, 0.5) is 14.9 Å². The third-order valence-electron chi connectivity index (χ3n) is 2.97. The van der Waals surface area contributed by atoms with Crippen molar-refractivity contribution >= 4 is 11.8 Å². The summed E-state index contributed by atoms with van der Waals surface area (Å²) in [7, 11) is 0. The van der Waals surface area contributed by atoms with Crippen molar-refractivity contribution in [3.05, 3.63) is 52.3 Å². The predicted molar refractivity (Wildman–Crippen MR) is 90.1 cm³/mol. The molecular weight excluding hydrogens is 347 g/mol. The number of nitrogens with one attached hydrogen (secondary N) is 1. The average molecular weight is 364 g/mol. The summed E-state index contributed by atoms with van der Waals surface area (Å²) in [4.78, 5) is 21.7. The van der Waals surface area contributed by atoms with E-state index in [1.807, 2.05) is 0 Å². The van der Waals surface area contributed by atoms with E-state index in [2.05, 4.69) is 5.32 Å². The fraction of sp³-hybridized carbons (Fsp3) is 0.235. The highest BCUT2D eigenvalue weighted by atomic mass is 19.1. The first-order valence-electron chi connectivity index (χ1n) is 7.50. The lowest BCUT2D eigenvalue weighted by Gasteiger charge is -2.20. The number of non-ortho nitro benzene ring substituents is 1. The van der Waals surface area contributed by atoms with Crippen molar-refractivity contribution in [1.82, 2.24) is 5.32 Å². The van der Waals surface area contributed by atoms with E-state index in [0.717, 1.165) is 12.1 Å². The summed E-state index contributed by atoms with van der Waals surface area (Å²) in [6, 6.07) is 6.76. The number of benzene rings is 2. The summed E-state index contributed by atoms with van der Waals surface area (Å²) in [5, 5.41) is 23.1. The van der Waals surface area contributed by atoms with E-state index in [1.54, 1.807) is 20.8 Å². The third-order valence-corrected chi connectivity index (χ3v) is 2.97. The van der Waals surface area contributed by atoms with Gasteiger partial charge in [-0.15, -0.1) is 0 Å². The van der Waals surface area contributed by atoms with E-state index in [1.165, 1.54) is 24.3 Å². The number of hydrogen-bond donors (Lipinski definition) is 2. The first-order valence-corrected chi connectivity index (χ1v) is 7.50. The van der Waals surface area contributed by atoms with E-state index < -0.39 is 33.9 Å². The summed E-state index contributed by atoms with van der Waals surface area (Å²) in [5.74, 6) is -1.95. The van der Waals surface area contributed by atoms with Gasteiger partial charge < -0.3 is 19.9 Å². The Morgan fingerprint density at radius 3 is 2.35 bits per heavy atom. The number of hydrogen-bond acceptors (Lipinski definition) is 6. The fourth-order valence-electron chi connectivity index (χ4n) is 1.88. The van der Waals surface area contributed by atoms with Crippen molar-refractivity contribution in [2.45, 2.75) is 26.3 Å². The van der Waals surface area contributed by atoms with E-state index in [0.29, 0.717) is 0 Å². The Bertz CT molecular complexity index is 830. The van der Waals surface area contributed by atoms with Crippen molar-refractivity contribution < 1.29 is 28.7 Å². The normalized spacial score (nSPS) is 10.9. The second-order valence-corrected chi connectivity index (χ2v) is 6.37. The number of nitro benzene ring substituents is 1. The molecule has 0 aliphatic rings. The number of nitrogens with zero attached hydrogens (tertiary/aromatic N) is 1. The van der Waals surface area contributed by atoms with E-state index >= 15 is 0 Å². The largest absolute Gasteiger partial charge is 0.504 e. The van der Waals surface area contributed by atoms with E-state index in [-0.39, 0.29) is 17.2 Å².